The second-order valence-electron chi connectivity index (χ2n) is 9.37. The summed E-state index contributed by atoms with van der Waals surface area (Å²) in [5, 5.41) is 35.0. The first-order valence-electron chi connectivity index (χ1n) is 12.9. The number of benzene rings is 2. The van der Waals surface area contributed by atoms with Crippen molar-refractivity contribution in [3.8, 4) is 0 Å². The highest BCUT2D eigenvalue weighted by Gasteiger charge is 2.31. The van der Waals surface area contributed by atoms with Crippen molar-refractivity contribution in [1.82, 2.24) is 16.0 Å². The summed E-state index contributed by atoms with van der Waals surface area (Å²) in [6.07, 6.45) is -1.51. The Hall–Kier alpha value is -4.78. The van der Waals surface area contributed by atoms with Crippen molar-refractivity contribution < 1.29 is 44.1 Å². The van der Waals surface area contributed by atoms with E-state index in [1.165, 1.54) is 0 Å². The third kappa shape index (κ3) is 11.9. The predicted molar refractivity (Wildman–Crippen MR) is 145 cm³/mol. The molecule has 2 aromatic carbocycles. The third-order valence-electron chi connectivity index (χ3n) is 6.10. The quantitative estimate of drug-likeness (QED) is 0.135. The molecule has 3 amide bonds. The largest absolute Gasteiger partial charge is 0.481 e. The van der Waals surface area contributed by atoms with Gasteiger partial charge in [-0.3, -0.25) is 24.0 Å². The minimum atomic E-state index is -1.42. The van der Waals surface area contributed by atoms with E-state index in [0.29, 0.717) is 11.1 Å². The molecule has 0 radical (unpaired) electrons. The zero-order valence-corrected chi connectivity index (χ0v) is 22.2. The van der Waals surface area contributed by atoms with Crippen LogP contribution in [0.5, 0.6) is 0 Å². The Kier molecular flexibility index (Phi) is 12.9. The first kappa shape index (κ1) is 32.4. The van der Waals surface area contributed by atoms with E-state index in [9.17, 15) is 33.9 Å². The lowest BCUT2D eigenvalue weighted by Gasteiger charge is -2.25. The molecule has 0 aliphatic carbocycles. The molecule has 0 saturated carbocycles. The van der Waals surface area contributed by atoms with Gasteiger partial charge in [0, 0.05) is 25.7 Å². The monoisotopic (exact) mass is 570 g/mol. The van der Waals surface area contributed by atoms with E-state index in [1.54, 1.807) is 60.7 Å². The van der Waals surface area contributed by atoms with Gasteiger partial charge in [0.15, 0.2) is 0 Å². The fraction of sp³-hybridized carbons (Fsp3) is 0.357. The van der Waals surface area contributed by atoms with Gasteiger partial charge in [-0.2, -0.15) is 0 Å². The smallest absolute Gasteiger partial charge is 0.326 e. The average molecular weight is 571 g/mol. The Morgan fingerprint density at radius 1 is 0.585 bits per heavy atom. The van der Waals surface area contributed by atoms with Crippen molar-refractivity contribution in [1.29, 1.82) is 0 Å². The van der Waals surface area contributed by atoms with Crippen molar-refractivity contribution in [2.45, 2.75) is 62.7 Å². The van der Waals surface area contributed by atoms with Gasteiger partial charge in [0.25, 0.3) is 0 Å². The van der Waals surface area contributed by atoms with Gasteiger partial charge in [0.05, 0.1) is 6.04 Å². The maximum Gasteiger partial charge on any atom is 0.326 e. The molecule has 0 aliphatic rings. The number of nitrogens with two attached hydrogens (primary N) is 1. The zero-order valence-electron chi connectivity index (χ0n) is 22.2. The number of carboxylic acids is 3. The van der Waals surface area contributed by atoms with E-state index in [4.69, 9.17) is 15.9 Å². The molecule has 4 atom stereocenters. The van der Waals surface area contributed by atoms with Crippen molar-refractivity contribution >= 4 is 35.6 Å². The molecule has 220 valence electrons. The summed E-state index contributed by atoms with van der Waals surface area (Å²) in [5.74, 6) is -6.25. The van der Waals surface area contributed by atoms with Crippen LogP contribution in [-0.4, -0.2) is 75.1 Å². The maximum atomic E-state index is 13.3. The molecular formula is C28H34N4O9. The number of carbonyl (C=O) groups is 6. The summed E-state index contributed by atoms with van der Waals surface area (Å²) in [5.41, 5.74) is 7.03. The summed E-state index contributed by atoms with van der Waals surface area (Å²) in [4.78, 5) is 73.0. The minimum Gasteiger partial charge on any atom is -0.481 e. The van der Waals surface area contributed by atoms with Crippen LogP contribution in [0.2, 0.25) is 0 Å². The van der Waals surface area contributed by atoms with Crippen LogP contribution in [0, 0.1) is 0 Å². The summed E-state index contributed by atoms with van der Waals surface area (Å²) < 4.78 is 0. The van der Waals surface area contributed by atoms with Crippen molar-refractivity contribution in [2.24, 2.45) is 5.73 Å². The molecule has 4 unspecified atom stereocenters. The van der Waals surface area contributed by atoms with Gasteiger partial charge in [-0.15, -0.1) is 0 Å². The van der Waals surface area contributed by atoms with Crippen LogP contribution in [0.4, 0.5) is 0 Å². The average Bonchev–Trinajstić information content (AvgIpc) is 2.93. The number of hydrogen-bond acceptors (Lipinski definition) is 7. The van der Waals surface area contributed by atoms with Crippen LogP contribution in [-0.2, 0) is 41.6 Å². The van der Waals surface area contributed by atoms with Gasteiger partial charge < -0.3 is 37.0 Å². The highest BCUT2D eigenvalue weighted by molar-refractivity contribution is 5.94. The zero-order chi connectivity index (χ0) is 30.4. The SMILES string of the molecule is NC(CCC(=O)O)C(=O)NC(CCC(=O)O)C(=O)NC(Cc1ccccc1)C(=O)NC(Cc1ccccc1)C(=O)O. The maximum absolute atomic E-state index is 13.3. The van der Waals surface area contributed by atoms with Gasteiger partial charge in [0.2, 0.25) is 17.7 Å². The number of rotatable bonds is 17. The lowest BCUT2D eigenvalue weighted by molar-refractivity contribution is -0.142. The van der Waals surface area contributed by atoms with Crippen molar-refractivity contribution in [3.63, 3.8) is 0 Å². The lowest BCUT2D eigenvalue weighted by Crippen LogP contribution is -2.58. The Labute approximate surface area is 236 Å². The Balaban J connectivity index is 2.24. The normalized spacial score (nSPS) is 13.6. The third-order valence-corrected chi connectivity index (χ3v) is 6.10. The molecule has 0 aliphatic heterocycles. The predicted octanol–water partition coefficient (Wildman–Crippen LogP) is 0.0677. The molecule has 13 heteroatoms. The molecular weight excluding hydrogens is 536 g/mol. The van der Waals surface area contributed by atoms with Gasteiger partial charge in [0.1, 0.15) is 18.1 Å². The molecule has 0 spiro atoms. The topological polar surface area (TPSA) is 225 Å². The van der Waals surface area contributed by atoms with Crippen LogP contribution in [0.15, 0.2) is 60.7 Å². The Morgan fingerprint density at radius 3 is 1.49 bits per heavy atom. The van der Waals surface area contributed by atoms with E-state index in [1.807, 2.05) is 0 Å². The van der Waals surface area contributed by atoms with E-state index in [-0.39, 0.29) is 25.7 Å². The minimum absolute atomic E-state index is 0.0144. The number of nitrogens with one attached hydrogen (secondary N) is 3. The van der Waals surface area contributed by atoms with Gasteiger partial charge in [-0.1, -0.05) is 60.7 Å². The Bertz CT molecular complexity index is 1210. The summed E-state index contributed by atoms with van der Waals surface area (Å²) in [6.45, 7) is 0. The second-order valence-corrected chi connectivity index (χ2v) is 9.37. The van der Waals surface area contributed by atoms with E-state index < -0.39 is 72.6 Å². The summed E-state index contributed by atoms with van der Waals surface area (Å²) in [7, 11) is 0. The van der Waals surface area contributed by atoms with Crippen LogP contribution in [0.3, 0.4) is 0 Å². The number of amides is 3. The molecule has 0 heterocycles. The highest BCUT2D eigenvalue weighted by Crippen LogP contribution is 2.09. The van der Waals surface area contributed by atoms with Crippen LogP contribution >= 0.6 is 0 Å². The van der Waals surface area contributed by atoms with E-state index in [0.717, 1.165) is 0 Å². The van der Waals surface area contributed by atoms with Crippen LogP contribution < -0.4 is 21.7 Å². The first-order valence-corrected chi connectivity index (χ1v) is 12.9. The summed E-state index contributed by atoms with van der Waals surface area (Å²) in [6, 6.07) is 12.0. The molecule has 8 N–H and O–H groups in total. The highest BCUT2D eigenvalue weighted by atomic mass is 16.4. The van der Waals surface area contributed by atoms with Crippen LogP contribution in [0.1, 0.15) is 36.8 Å². The molecule has 2 rings (SSSR count). The number of aliphatic carboxylic acids is 3. The fourth-order valence-electron chi connectivity index (χ4n) is 3.88. The molecule has 0 aromatic heterocycles. The molecule has 0 bridgehead atoms. The van der Waals surface area contributed by atoms with E-state index >= 15 is 0 Å². The molecule has 0 fully saturated rings. The van der Waals surface area contributed by atoms with E-state index in [2.05, 4.69) is 16.0 Å². The van der Waals surface area contributed by atoms with Crippen LogP contribution in [0.25, 0.3) is 0 Å². The standard InChI is InChI=1S/C28H34N4O9/c29-19(11-13-23(33)34)25(37)30-20(12-14-24(35)36)26(38)31-21(15-17-7-3-1-4-8-17)27(39)32-22(28(40)41)16-18-9-5-2-6-10-18/h1-10,19-22H,11-16,29H2,(H,30,37)(H,31,38)(H,32,39)(H,33,34)(H,35,36)(H,40,41). The number of hydrogen-bond donors (Lipinski definition) is 7. The van der Waals surface area contributed by atoms with Gasteiger partial charge in [-0.05, 0) is 24.0 Å². The summed E-state index contributed by atoms with van der Waals surface area (Å²) >= 11 is 0. The molecule has 13 nitrogen and oxygen atoms in total. The number of carboxylic acid groups (broad SMARTS) is 3. The van der Waals surface area contributed by atoms with Crippen molar-refractivity contribution in [2.75, 3.05) is 0 Å². The number of carbonyl (C=O) groups excluding carboxylic acids is 3. The lowest BCUT2D eigenvalue weighted by atomic mass is 10.0. The first-order chi connectivity index (χ1) is 19.5. The van der Waals surface area contributed by atoms with Gasteiger partial charge in [-0.25, -0.2) is 4.79 Å². The molecule has 0 saturated heterocycles. The molecule has 2 aromatic rings. The fourth-order valence-corrected chi connectivity index (χ4v) is 3.88. The Morgan fingerprint density at radius 2 is 1.00 bits per heavy atom. The second kappa shape index (κ2) is 16.4. The van der Waals surface area contributed by atoms with Crippen molar-refractivity contribution in [3.05, 3.63) is 71.8 Å². The van der Waals surface area contributed by atoms with Gasteiger partial charge >= 0.3 is 17.9 Å². The molecule has 41 heavy (non-hydrogen) atoms.